The van der Waals surface area contributed by atoms with Gasteiger partial charge in [-0.1, -0.05) is 60.7 Å². The Morgan fingerprint density at radius 1 is 0.857 bits per heavy atom. The van der Waals surface area contributed by atoms with Crippen LogP contribution in [0.2, 0.25) is 0 Å². The van der Waals surface area contributed by atoms with Crippen molar-refractivity contribution in [1.29, 1.82) is 0 Å². The maximum Gasteiger partial charge on any atom is 0.254 e. The number of carbonyl (C=O) groups excluding carboxylic acids is 1. The highest BCUT2D eigenvalue weighted by Gasteiger charge is 2.18. The maximum absolute atomic E-state index is 13.4. The molecule has 0 aliphatic heterocycles. The molecule has 0 spiro atoms. The van der Waals surface area contributed by atoms with Crippen LogP contribution in [0.25, 0.3) is 10.9 Å². The summed E-state index contributed by atoms with van der Waals surface area (Å²) in [4.78, 5) is 26.8. The zero-order valence-corrected chi connectivity index (χ0v) is 20.7. The molecule has 35 heavy (non-hydrogen) atoms. The number of aromatic nitrogens is 2. The van der Waals surface area contributed by atoms with Gasteiger partial charge in [0.2, 0.25) is 0 Å². The van der Waals surface area contributed by atoms with E-state index < -0.39 is 0 Å². The van der Waals surface area contributed by atoms with Crippen molar-refractivity contribution in [2.45, 2.75) is 19.4 Å². The maximum atomic E-state index is 13.4. The number of hydrogen-bond donors (Lipinski definition) is 1. The number of benzene rings is 3. The number of para-hydroxylation sites is 1. The first-order valence-corrected chi connectivity index (χ1v) is 12.0. The summed E-state index contributed by atoms with van der Waals surface area (Å²) in [7, 11) is 5.95. The molecule has 0 unspecified atom stereocenters. The van der Waals surface area contributed by atoms with Crippen molar-refractivity contribution in [2.24, 2.45) is 0 Å². The zero-order valence-electron chi connectivity index (χ0n) is 20.7. The number of rotatable bonds is 10. The fourth-order valence-electron chi connectivity index (χ4n) is 4.12. The van der Waals surface area contributed by atoms with Gasteiger partial charge in [0.1, 0.15) is 5.82 Å². The van der Waals surface area contributed by atoms with Crippen molar-refractivity contribution in [2.75, 3.05) is 39.5 Å². The quantitative estimate of drug-likeness (QED) is 0.338. The van der Waals surface area contributed by atoms with Crippen molar-refractivity contribution in [3.8, 4) is 0 Å². The Balaban J connectivity index is 1.53. The first-order valence-electron chi connectivity index (χ1n) is 12.0. The van der Waals surface area contributed by atoms with Gasteiger partial charge in [-0.25, -0.2) is 9.97 Å². The normalized spacial score (nSPS) is 11.1. The van der Waals surface area contributed by atoms with Gasteiger partial charge in [0.25, 0.3) is 5.91 Å². The van der Waals surface area contributed by atoms with Crippen molar-refractivity contribution in [3.63, 3.8) is 0 Å². The third-order valence-corrected chi connectivity index (χ3v) is 5.93. The smallest absolute Gasteiger partial charge is 0.254 e. The van der Waals surface area contributed by atoms with Crippen LogP contribution in [-0.2, 0) is 13.0 Å². The lowest BCUT2D eigenvalue weighted by Crippen LogP contribution is -2.28. The Labute approximate surface area is 207 Å². The fourth-order valence-corrected chi connectivity index (χ4v) is 4.12. The largest absolute Gasteiger partial charge is 0.369 e. The van der Waals surface area contributed by atoms with Crippen LogP contribution in [0.15, 0.2) is 78.9 Å². The molecule has 0 atom stereocenters. The number of fused-ring (bicyclic) bond motifs is 1. The first-order chi connectivity index (χ1) is 17.0. The van der Waals surface area contributed by atoms with Crippen molar-refractivity contribution in [3.05, 3.63) is 101 Å². The Morgan fingerprint density at radius 2 is 1.57 bits per heavy atom. The lowest BCUT2D eigenvalue weighted by Gasteiger charge is -2.19. The molecular weight excluding hydrogens is 434 g/mol. The molecule has 0 fully saturated rings. The summed E-state index contributed by atoms with van der Waals surface area (Å²) in [5.74, 6) is 1.40. The predicted octanol–water partition coefficient (Wildman–Crippen LogP) is 4.86. The second-order valence-corrected chi connectivity index (χ2v) is 9.07. The van der Waals surface area contributed by atoms with E-state index in [-0.39, 0.29) is 5.91 Å². The van der Waals surface area contributed by atoms with E-state index in [0.29, 0.717) is 24.4 Å². The summed E-state index contributed by atoms with van der Waals surface area (Å²) in [6.07, 6.45) is 1.72. The fraction of sp³-hybridized carbons (Fsp3) is 0.276. The number of carbonyl (C=O) groups is 1. The molecular formula is C29H33N5O. The van der Waals surface area contributed by atoms with E-state index in [9.17, 15) is 4.79 Å². The van der Waals surface area contributed by atoms with Gasteiger partial charge in [-0.15, -0.1) is 0 Å². The summed E-state index contributed by atoms with van der Waals surface area (Å²) in [6.45, 7) is 2.15. The van der Waals surface area contributed by atoms with E-state index in [1.54, 1.807) is 4.90 Å². The van der Waals surface area contributed by atoms with Crippen LogP contribution in [0.4, 0.5) is 5.82 Å². The van der Waals surface area contributed by atoms with Crippen LogP contribution < -0.4 is 5.32 Å². The Bertz CT molecular complexity index is 1270. The summed E-state index contributed by atoms with van der Waals surface area (Å²) in [5, 5.41) is 4.46. The van der Waals surface area contributed by atoms with Gasteiger partial charge in [0.15, 0.2) is 5.82 Å². The summed E-state index contributed by atoms with van der Waals surface area (Å²) in [5.41, 5.74) is 3.77. The third kappa shape index (κ3) is 6.43. The third-order valence-electron chi connectivity index (χ3n) is 5.93. The molecule has 1 N–H and O–H groups in total. The lowest BCUT2D eigenvalue weighted by molar-refractivity contribution is 0.0780. The van der Waals surface area contributed by atoms with E-state index in [1.165, 1.54) is 5.56 Å². The minimum atomic E-state index is -0.0335. The Hall–Kier alpha value is -3.77. The van der Waals surface area contributed by atoms with Crippen LogP contribution in [0.3, 0.4) is 0 Å². The number of amides is 1. The SMILES string of the molecule is CN(C)CCCNc1nc(CN(C)C(=O)c2ccccc2Cc2ccccc2)nc2ccccc12. The average molecular weight is 468 g/mol. The molecule has 0 saturated heterocycles. The molecule has 0 saturated carbocycles. The van der Waals surface area contributed by atoms with E-state index in [0.717, 1.165) is 41.8 Å². The van der Waals surface area contributed by atoms with Gasteiger partial charge in [-0.3, -0.25) is 4.79 Å². The van der Waals surface area contributed by atoms with Crippen LogP contribution in [0.1, 0.15) is 33.7 Å². The van der Waals surface area contributed by atoms with Crippen molar-refractivity contribution in [1.82, 2.24) is 19.8 Å². The van der Waals surface area contributed by atoms with E-state index in [4.69, 9.17) is 9.97 Å². The molecule has 0 bridgehead atoms. The molecule has 1 amide bonds. The molecule has 4 aromatic rings. The van der Waals surface area contributed by atoms with Gasteiger partial charge >= 0.3 is 0 Å². The highest BCUT2D eigenvalue weighted by molar-refractivity contribution is 5.95. The minimum Gasteiger partial charge on any atom is -0.369 e. The predicted molar refractivity (Wildman–Crippen MR) is 143 cm³/mol. The highest BCUT2D eigenvalue weighted by Crippen LogP contribution is 2.22. The number of nitrogens with zero attached hydrogens (tertiary/aromatic N) is 4. The van der Waals surface area contributed by atoms with Gasteiger partial charge in [-0.2, -0.15) is 0 Å². The molecule has 6 heteroatoms. The molecule has 4 rings (SSSR count). The minimum absolute atomic E-state index is 0.0335. The zero-order chi connectivity index (χ0) is 24.6. The standard InChI is InChI=1S/C29H33N5O/c1-33(2)19-11-18-30-28-25-16-9-10-17-26(25)31-27(32-28)21-34(3)29(35)24-15-8-7-14-23(24)20-22-12-5-4-6-13-22/h4-10,12-17H,11,18-21H2,1-3H3,(H,30,31,32). The van der Waals surface area contributed by atoms with Gasteiger partial charge < -0.3 is 15.1 Å². The van der Waals surface area contributed by atoms with Crippen LogP contribution >= 0.6 is 0 Å². The Kier molecular flexibility index (Phi) is 8.06. The number of hydrogen-bond acceptors (Lipinski definition) is 5. The average Bonchev–Trinajstić information content (AvgIpc) is 2.87. The topological polar surface area (TPSA) is 61.4 Å². The second kappa shape index (κ2) is 11.6. The van der Waals surface area contributed by atoms with Gasteiger partial charge in [0.05, 0.1) is 12.1 Å². The lowest BCUT2D eigenvalue weighted by atomic mass is 9.99. The molecule has 0 radical (unpaired) electrons. The molecule has 0 aliphatic carbocycles. The molecule has 3 aromatic carbocycles. The van der Waals surface area contributed by atoms with Crippen LogP contribution in [0.5, 0.6) is 0 Å². The monoisotopic (exact) mass is 467 g/mol. The van der Waals surface area contributed by atoms with E-state index in [1.807, 2.05) is 73.8 Å². The van der Waals surface area contributed by atoms with Gasteiger partial charge in [0, 0.05) is 24.5 Å². The first kappa shape index (κ1) is 24.4. The van der Waals surface area contributed by atoms with Crippen molar-refractivity contribution >= 4 is 22.6 Å². The number of anilines is 1. The molecule has 0 aliphatic rings. The van der Waals surface area contributed by atoms with Crippen LogP contribution in [-0.4, -0.2) is 59.9 Å². The van der Waals surface area contributed by atoms with Crippen LogP contribution in [0, 0.1) is 0 Å². The number of nitrogens with one attached hydrogen (secondary N) is 1. The summed E-state index contributed by atoms with van der Waals surface area (Å²) >= 11 is 0. The summed E-state index contributed by atoms with van der Waals surface area (Å²) in [6, 6.07) is 26.0. The highest BCUT2D eigenvalue weighted by atomic mass is 16.2. The van der Waals surface area contributed by atoms with E-state index >= 15 is 0 Å². The molecule has 180 valence electrons. The summed E-state index contributed by atoms with van der Waals surface area (Å²) < 4.78 is 0. The van der Waals surface area contributed by atoms with E-state index in [2.05, 4.69) is 36.4 Å². The second-order valence-electron chi connectivity index (χ2n) is 9.07. The molecule has 1 aromatic heterocycles. The Morgan fingerprint density at radius 3 is 2.37 bits per heavy atom. The molecule has 6 nitrogen and oxygen atoms in total. The van der Waals surface area contributed by atoms with Gasteiger partial charge in [-0.05, 0) is 62.8 Å². The molecule has 1 heterocycles. The van der Waals surface area contributed by atoms with Crippen molar-refractivity contribution < 1.29 is 4.79 Å².